The van der Waals surface area contributed by atoms with Crippen molar-refractivity contribution in [1.29, 1.82) is 0 Å². The zero-order chi connectivity index (χ0) is 23.5. The molecule has 0 saturated heterocycles. The van der Waals surface area contributed by atoms with Crippen molar-refractivity contribution in [3.05, 3.63) is 89.5 Å². The summed E-state index contributed by atoms with van der Waals surface area (Å²) >= 11 is 0. The molecule has 2 unspecified atom stereocenters. The van der Waals surface area contributed by atoms with Gasteiger partial charge in [0, 0.05) is 0 Å². The Morgan fingerprint density at radius 3 is 1.97 bits per heavy atom. The van der Waals surface area contributed by atoms with E-state index in [1.165, 1.54) is 0 Å². The van der Waals surface area contributed by atoms with Crippen molar-refractivity contribution in [1.82, 2.24) is 0 Å². The quantitative estimate of drug-likeness (QED) is 0.441. The normalized spacial score (nSPS) is 13.7. The lowest BCUT2D eigenvalue weighted by Crippen LogP contribution is -2.30. The maximum atomic E-state index is 13.8. The molecule has 0 radical (unpaired) electrons. The van der Waals surface area contributed by atoms with Crippen LogP contribution in [0.1, 0.15) is 42.2 Å². The molecule has 4 nitrogen and oxygen atoms in total. The minimum absolute atomic E-state index is 0.0390. The molecule has 3 rings (SSSR count). The number of aryl methyl sites for hydroxylation is 2. The standard InChI is InChI=1S/C27H30O4S/c1-18(2)16-25(27(28)29)26(32(30,31)24-15-10-19(3)20(4)17-24)23-13-11-22(12-14-23)21-8-6-5-7-9-21/h5-15,17-18,25-26H,16H2,1-4H3,(H,28,29). The summed E-state index contributed by atoms with van der Waals surface area (Å²) in [4.78, 5) is 12.4. The maximum absolute atomic E-state index is 13.8. The molecule has 0 amide bonds. The van der Waals surface area contributed by atoms with Crippen LogP contribution in [0.2, 0.25) is 0 Å². The average molecular weight is 451 g/mol. The molecule has 3 aromatic rings. The number of carbonyl (C=O) groups is 1. The molecule has 2 atom stereocenters. The fourth-order valence-electron chi connectivity index (χ4n) is 4.02. The topological polar surface area (TPSA) is 71.4 Å². The van der Waals surface area contributed by atoms with Gasteiger partial charge in [-0.25, -0.2) is 8.42 Å². The highest BCUT2D eigenvalue weighted by atomic mass is 32.2. The van der Waals surface area contributed by atoms with Gasteiger partial charge in [-0.1, -0.05) is 74.5 Å². The van der Waals surface area contributed by atoms with E-state index < -0.39 is 27.0 Å². The van der Waals surface area contributed by atoms with Crippen LogP contribution < -0.4 is 0 Å². The number of aliphatic carboxylic acids is 1. The summed E-state index contributed by atoms with van der Waals surface area (Å²) in [5, 5.41) is 8.86. The van der Waals surface area contributed by atoms with Crippen molar-refractivity contribution in [2.75, 3.05) is 0 Å². The largest absolute Gasteiger partial charge is 0.481 e. The predicted octanol–water partition coefficient (Wildman–Crippen LogP) is 6.23. The molecule has 0 heterocycles. The molecule has 0 saturated carbocycles. The second kappa shape index (κ2) is 9.70. The third-order valence-electron chi connectivity index (χ3n) is 5.90. The fraction of sp³-hybridized carbons (Fsp3) is 0.296. The molecule has 0 aliphatic carbocycles. The van der Waals surface area contributed by atoms with Gasteiger partial charge >= 0.3 is 5.97 Å². The Morgan fingerprint density at radius 2 is 1.44 bits per heavy atom. The highest BCUT2D eigenvalue weighted by molar-refractivity contribution is 7.91. The minimum atomic E-state index is -3.94. The number of hydrogen-bond acceptors (Lipinski definition) is 3. The van der Waals surface area contributed by atoms with Gasteiger partial charge in [0.25, 0.3) is 0 Å². The van der Waals surface area contributed by atoms with E-state index in [1.807, 2.05) is 70.2 Å². The molecule has 0 aliphatic rings. The van der Waals surface area contributed by atoms with Crippen molar-refractivity contribution < 1.29 is 18.3 Å². The zero-order valence-corrected chi connectivity index (χ0v) is 19.8. The van der Waals surface area contributed by atoms with Crippen LogP contribution in [0.15, 0.2) is 77.7 Å². The lowest BCUT2D eigenvalue weighted by atomic mass is 9.90. The van der Waals surface area contributed by atoms with E-state index in [-0.39, 0.29) is 17.2 Å². The second-order valence-electron chi connectivity index (χ2n) is 8.77. The second-order valence-corrected chi connectivity index (χ2v) is 10.8. The van der Waals surface area contributed by atoms with Crippen LogP contribution in [0.25, 0.3) is 11.1 Å². The number of benzene rings is 3. The molecule has 0 spiro atoms. The Kier molecular flexibility index (Phi) is 7.19. The lowest BCUT2D eigenvalue weighted by Gasteiger charge is -2.26. The highest BCUT2D eigenvalue weighted by Crippen LogP contribution is 2.39. The molecule has 0 aliphatic heterocycles. The highest BCUT2D eigenvalue weighted by Gasteiger charge is 2.40. The van der Waals surface area contributed by atoms with Crippen molar-refractivity contribution >= 4 is 15.8 Å². The van der Waals surface area contributed by atoms with E-state index in [4.69, 9.17) is 0 Å². The van der Waals surface area contributed by atoms with E-state index >= 15 is 0 Å². The van der Waals surface area contributed by atoms with Crippen molar-refractivity contribution in [2.24, 2.45) is 11.8 Å². The number of rotatable bonds is 8. The number of hydrogen-bond donors (Lipinski definition) is 1. The number of sulfone groups is 1. The first-order valence-corrected chi connectivity index (χ1v) is 12.3. The number of carboxylic acid groups (broad SMARTS) is 1. The Bertz CT molecular complexity index is 1180. The molecule has 3 aromatic carbocycles. The van der Waals surface area contributed by atoms with Crippen LogP contribution >= 0.6 is 0 Å². The van der Waals surface area contributed by atoms with Gasteiger partial charge < -0.3 is 5.11 Å². The molecular weight excluding hydrogens is 420 g/mol. The summed E-state index contributed by atoms with van der Waals surface area (Å²) in [5.74, 6) is -2.11. The van der Waals surface area contributed by atoms with Crippen LogP contribution in [0, 0.1) is 25.7 Å². The Morgan fingerprint density at radius 1 is 0.844 bits per heavy atom. The van der Waals surface area contributed by atoms with Gasteiger partial charge in [-0.15, -0.1) is 0 Å². The Hall–Kier alpha value is -2.92. The van der Waals surface area contributed by atoms with Crippen LogP contribution in [0.3, 0.4) is 0 Å². The summed E-state index contributed by atoms with van der Waals surface area (Å²) in [7, 11) is -3.94. The smallest absolute Gasteiger partial charge is 0.308 e. The summed E-state index contributed by atoms with van der Waals surface area (Å²) in [6.07, 6.45) is 0.268. The Labute approximate surface area is 190 Å². The van der Waals surface area contributed by atoms with E-state index in [1.54, 1.807) is 30.3 Å². The first kappa shape index (κ1) is 23.7. The van der Waals surface area contributed by atoms with Crippen molar-refractivity contribution in [3.63, 3.8) is 0 Å². The van der Waals surface area contributed by atoms with Crippen LogP contribution in [-0.2, 0) is 14.6 Å². The summed E-state index contributed by atoms with van der Waals surface area (Å²) in [5.41, 5.74) is 4.32. The third-order valence-corrected chi connectivity index (χ3v) is 8.08. The summed E-state index contributed by atoms with van der Waals surface area (Å²) in [6, 6.07) is 22.0. The first-order chi connectivity index (χ1) is 15.1. The molecule has 32 heavy (non-hydrogen) atoms. The van der Waals surface area contributed by atoms with Gasteiger partial charge in [0.05, 0.1) is 10.8 Å². The van der Waals surface area contributed by atoms with Gasteiger partial charge in [0.2, 0.25) is 0 Å². The van der Waals surface area contributed by atoms with E-state index in [2.05, 4.69) is 0 Å². The van der Waals surface area contributed by atoms with Gasteiger partial charge in [-0.2, -0.15) is 0 Å². The van der Waals surface area contributed by atoms with Gasteiger partial charge in [-0.3, -0.25) is 4.79 Å². The monoisotopic (exact) mass is 450 g/mol. The zero-order valence-electron chi connectivity index (χ0n) is 18.9. The van der Waals surface area contributed by atoms with Gasteiger partial charge in [-0.05, 0) is 66.1 Å². The first-order valence-electron chi connectivity index (χ1n) is 10.8. The maximum Gasteiger partial charge on any atom is 0.308 e. The molecule has 0 aromatic heterocycles. The minimum Gasteiger partial charge on any atom is -0.481 e. The van der Waals surface area contributed by atoms with E-state index in [0.717, 1.165) is 22.3 Å². The molecule has 168 valence electrons. The molecular formula is C27H30O4S. The predicted molar refractivity (Wildman–Crippen MR) is 128 cm³/mol. The molecule has 0 bridgehead atoms. The van der Waals surface area contributed by atoms with Crippen molar-refractivity contribution in [2.45, 2.75) is 44.3 Å². The van der Waals surface area contributed by atoms with E-state index in [0.29, 0.717) is 5.56 Å². The Balaban J connectivity index is 2.14. The molecule has 0 fully saturated rings. The SMILES string of the molecule is Cc1ccc(S(=O)(=O)C(c2ccc(-c3ccccc3)cc2)C(CC(C)C)C(=O)O)cc1C. The van der Waals surface area contributed by atoms with Gasteiger partial charge in [0.1, 0.15) is 5.25 Å². The summed E-state index contributed by atoms with van der Waals surface area (Å²) in [6.45, 7) is 7.60. The van der Waals surface area contributed by atoms with Crippen LogP contribution in [-0.4, -0.2) is 19.5 Å². The van der Waals surface area contributed by atoms with Crippen molar-refractivity contribution in [3.8, 4) is 11.1 Å². The van der Waals surface area contributed by atoms with Crippen LogP contribution in [0.4, 0.5) is 0 Å². The molecule has 1 N–H and O–H groups in total. The van der Waals surface area contributed by atoms with Gasteiger partial charge in [0.15, 0.2) is 9.84 Å². The van der Waals surface area contributed by atoms with E-state index in [9.17, 15) is 18.3 Å². The summed E-state index contributed by atoms with van der Waals surface area (Å²) < 4.78 is 27.6. The average Bonchev–Trinajstić information content (AvgIpc) is 2.75. The third kappa shape index (κ3) is 5.10. The lowest BCUT2D eigenvalue weighted by molar-refractivity contribution is -0.142. The number of carboxylic acids is 1. The van der Waals surface area contributed by atoms with Crippen LogP contribution in [0.5, 0.6) is 0 Å². The molecule has 5 heteroatoms. The fourth-order valence-corrected chi connectivity index (χ4v) is 6.09.